The van der Waals surface area contributed by atoms with Gasteiger partial charge >= 0.3 is 0 Å². The van der Waals surface area contributed by atoms with Crippen molar-refractivity contribution in [1.29, 1.82) is 0 Å². The maximum absolute atomic E-state index is 13.1. The number of nitrogens with zero attached hydrogens (tertiary/aromatic N) is 2. The van der Waals surface area contributed by atoms with Gasteiger partial charge in [0.05, 0.1) is 24.6 Å². The summed E-state index contributed by atoms with van der Waals surface area (Å²) in [6.45, 7) is 3.69. The highest BCUT2D eigenvalue weighted by Gasteiger charge is 2.21. The van der Waals surface area contributed by atoms with Gasteiger partial charge in [0.15, 0.2) is 0 Å². The Balaban J connectivity index is 1.75. The molecule has 1 amide bonds. The molecule has 0 saturated carbocycles. The van der Waals surface area contributed by atoms with Crippen LogP contribution in [0.15, 0.2) is 59.1 Å². The number of carbonyl (C=O) groups is 1. The number of para-hydroxylation sites is 1. The monoisotopic (exact) mass is 361 g/mol. The number of hydrogen-bond acceptors (Lipinski definition) is 4. The summed E-state index contributed by atoms with van der Waals surface area (Å²) in [7, 11) is 1.59. The third kappa shape index (κ3) is 2.95. The standard InChI is InChI=1S/C21H19N3O3/c1-13-12-22-24(15-7-5-4-6-8-15)20(13)23-21(25)19-14(2)27-18-10-9-16(26-3)11-17(18)19/h4-12H,1-3H3,(H,23,25). The van der Waals surface area contributed by atoms with Gasteiger partial charge in [0.2, 0.25) is 0 Å². The maximum atomic E-state index is 13.1. The summed E-state index contributed by atoms with van der Waals surface area (Å²) in [6, 6.07) is 15.1. The minimum atomic E-state index is -0.250. The summed E-state index contributed by atoms with van der Waals surface area (Å²) in [5, 5.41) is 8.10. The topological polar surface area (TPSA) is 69.3 Å². The van der Waals surface area contributed by atoms with E-state index < -0.39 is 0 Å². The average Bonchev–Trinajstić information content (AvgIpc) is 3.21. The normalized spacial score (nSPS) is 10.9. The summed E-state index contributed by atoms with van der Waals surface area (Å²) in [6.07, 6.45) is 1.73. The number of furan rings is 1. The lowest BCUT2D eigenvalue weighted by Crippen LogP contribution is -2.16. The predicted molar refractivity (Wildman–Crippen MR) is 104 cm³/mol. The number of nitrogens with one attached hydrogen (secondary N) is 1. The molecule has 2 aromatic carbocycles. The second-order valence-electron chi connectivity index (χ2n) is 6.27. The van der Waals surface area contributed by atoms with Gasteiger partial charge in [0.25, 0.3) is 5.91 Å². The van der Waals surface area contributed by atoms with Gasteiger partial charge in [-0.15, -0.1) is 0 Å². The van der Waals surface area contributed by atoms with E-state index in [9.17, 15) is 4.79 Å². The van der Waals surface area contributed by atoms with Crippen LogP contribution in [-0.4, -0.2) is 22.8 Å². The molecule has 0 aliphatic rings. The van der Waals surface area contributed by atoms with Gasteiger partial charge in [-0.1, -0.05) is 18.2 Å². The molecule has 0 radical (unpaired) electrons. The van der Waals surface area contributed by atoms with E-state index in [4.69, 9.17) is 9.15 Å². The Morgan fingerprint density at radius 2 is 1.93 bits per heavy atom. The molecule has 0 aliphatic carbocycles. The number of fused-ring (bicyclic) bond motifs is 1. The highest BCUT2D eigenvalue weighted by Crippen LogP contribution is 2.30. The molecule has 0 aliphatic heterocycles. The van der Waals surface area contributed by atoms with Crippen LogP contribution in [0.25, 0.3) is 16.7 Å². The fourth-order valence-corrected chi connectivity index (χ4v) is 3.13. The quantitative estimate of drug-likeness (QED) is 0.581. The van der Waals surface area contributed by atoms with E-state index in [1.165, 1.54) is 0 Å². The second-order valence-corrected chi connectivity index (χ2v) is 6.27. The summed E-state index contributed by atoms with van der Waals surface area (Å²) in [4.78, 5) is 13.1. The van der Waals surface area contributed by atoms with Crippen LogP contribution < -0.4 is 10.1 Å². The number of amides is 1. The third-order valence-electron chi connectivity index (χ3n) is 4.48. The number of aromatic nitrogens is 2. The summed E-state index contributed by atoms with van der Waals surface area (Å²) >= 11 is 0. The maximum Gasteiger partial charge on any atom is 0.261 e. The Bertz CT molecular complexity index is 1130. The van der Waals surface area contributed by atoms with E-state index in [2.05, 4.69) is 10.4 Å². The number of anilines is 1. The van der Waals surface area contributed by atoms with Crippen LogP contribution in [0, 0.1) is 13.8 Å². The van der Waals surface area contributed by atoms with Crippen LogP contribution in [-0.2, 0) is 0 Å². The van der Waals surface area contributed by atoms with E-state index in [1.807, 2.05) is 49.4 Å². The lowest BCUT2D eigenvalue weighted by atomic mass is 10.1. The van der Waals surface area contributed by atoms with Crippen molar-refractivity contribution in [2.45, 2.75) is 13.8 Å². The van der Waals surface area contributed by atoms with E-state index in [1.54, 1.807) is 31.0 Å². The number of carbonyl (C=O) groups excluding carboxylic acids is 1. The largest absolute Gasteiger partial charge is 0.497 e. The molecule has 6 nitrogen and oxygen atoms in total. The third-order valence-corrected chi connectivity index (χ3v) is 4.48. The van der Waals surface area contributed by atoms with Crippen molar-refractivity contribution in [3.63, 3.8) is 0 Å². The van der Waals surface area contributed by atoms with E-state index in [0.717, 1.165) is 11.3 Å². The number of methoxy groups -OCH3 is 1. The fourth-order valence-electron chi connectivity index (χ4n) is 3.13. The SMILES string of the molecule is COc1ccc2oc(C)c(C(=O)Nc3c(C)cnn3-c3ccccc3)c2c1. The van der Waals surface area contributed by atoms with Crippen molar-refractivity contribution < 1.29 is 13.9 Å². The van der Waals surface area contributed by atoms with Crippen LogP contribution in [0.4, 0.5) is 5.82 Å². The van der Waals surface area contributed by atoms with Gasteiger partial charge < -0.3 is 14.5 Å². The van der Waals surface area contributed by atoms with E-state index >= 15 is 0 Å². The molecule has 2 aromatic heterocycles. The molecule has 6 heteroatoms. The van der Waals surface area contributed by atoms with Crippen molar-refractivity contribution in [1.82, 2.24) is 9.78 Å². The van der Waals surface area contributed by atoms with Crippen LogP contribution in [0.1, 0.15) is 21.7 Å². The van der Waals surface area contributed by atoms with Gasteiger partial charge in [-0.25, -0.2) is 4.68 Å². The van der Waals surface area contributed by atoms with Crippen molar-refractivity contribution >= 4 is 22.7 Å². The van der Waals surface area contributed by atoms with Crippen molar-refractivity contribution in [2.75, 3.05) is 12.4 Å². The lowest BCUT2D eigenvalue weighted by Gasteiger charge is -2.10. The highest BCUT2D eigenvalue weighted by molar-refractivity contribution is 6.13. The molecule has 2 heterocycles. The molecule has 0 fully saturated rings. The number of hydrogen-bond donors (Lipinski definition) is 1. The van der Waals surface area contributed by atoms with Crippen LogP contribution in [0.5, 0.6) is 5.75 Å². The summed E-state index contributed by atoms with van der Waals surface area (Å²) in [5.41, 5.74) is 2.88. The molecular formula is C21H19N3O3. The first kappa shape index (κ1) is 16.9. The minimum Gasteiger partial charge on any atom is -0.497 e. The average molecular weight is 361 g/mol. The molecular weight excluding hydrogens is 342 g/mol. The molecule has 1 N–H and O–H groups in total. The smallest absolute Gasteiger partial charge is 0.261 e. The first-order valence-corrected chi connectivity index (χ1v) is 8.57. The Morgan fingerprint density at radius 3 is 2.67 bits per heavy atom. The molecule has 0 unspecified atom stereocenters. The number of rotatable bonds is 4. The second kappa shape index (κ2) is 6.64. The van der Waals surface area contributed by atoms with Crippen LogP contribution in [0.3, 0.4) is 0 Å². The Labute approximate surface area is 156 Å². The molecule has 4 aromatic rings. The van der Waals surface area contributed by atoms with Gasteiger partial charge in [0.1, 0.15) is 22.9 Å². The van der Waals surface area contributed by atoms with Crippen LogP contribution in [0.2, 0.25) is 0 Å². The molecule has 0 saturated heterocycles. The Morgan fingerprint density at radius 1 is 1.15 bits per heavy atom. The fraction of sp³-hybridized carbons (Fsp3) is 0.143. The molecule has 0 bridgehead atoms. The van der Waals surface area contributed by atoms with E-state index in [-0.39, 0.29) is 5.91 Å². The molecule has 27 heavy (non-hydrogen) atoms. The molecule has 4 rings (SSSR count). The summed E-state index contributed by atoms with van der Waals surface area (Å²) < 4.78 is 12.7. The zero-order valence-corrected chi connectivity index (χ0v) is 15.3. The number of aryl methyl sites for hydroxylation is 2. The zero-order chi connectivity index (χ0) is 19.0. The van der Waals surface area contributed by atoms with Gasteiger partial charge in [0, 0.05) is 10.9 Å². The number of benzene rings is 2. The van der Waals surface area contributed by atoms with Gasteiger partial charge in [-0.3, -0.25) is 4.79 Å². The molecule has 136 valence electrons. The Kier molecular flexibility index (Phi) is 4.16. The highest BCUT2D eigenvalue weighted by atomic mass is 16.5. The van der Waals surface area contributed by atoms with E-state index in [0.29, 0.717) is 33.9 Å². The Hall–Kier alpha value is -3.54. The van der Waals surface area contributed by atoms with Gasteiger partial charge in [-0.2, -0.15) is 5.10 Å². The first-order chi connectivity index (χ1) is 13.1. The molecule has 0 spiro atoms. The minimum absolute atomic E-state index is 0.250. The van der Waals surface area contributed by atoms with Gasteiger partial charge in [-0.05, 0) is 44.2 Å². The van der Waals surface area contributed by atoms with Crippen molar-refractivity contribution in [3.05, 3.63) is 71.6 Å². The number of ether oxygens (including phenoxy) is 1. The summed E-state index contributed by atoms with van der Waals surface area (Å²) in [5.74, 6) is 1.60. The predicted octanol–water partition coefficient (Wildman–Crippen LogP) is 4.50. The molecule has 0 atom stereocenters. The van der Waals surface area contributed by atoms with Crippen LogP contribution >= 0.6 is 0 Å². The van der Waals surface area contributed by atoms with Crippen molar-refractivity contribution in [2.24, 2.45) is 0 Å². The zero-order valence-electron chi connectivity index (χ0n) is 15.3. The van der Waals surface area contributed by atoms with Crippen molar-refractivity contribution in [3.8, 4) is 11.4 Å². The first-order valence-electron chi connectivity index (χ1n) is 8.57. The lowest BCUT2D eigenvalue weighted by molar-refractivity contribution is 0.102.